The molecule has 0 aliphatic carbocycles. The topological polar surface area (TPSA) is 58.7 Å². The SMILES string of the molecule is C=C(C1=CCCN1CO)C1=[N+](CO)CCN1. The summed E-state index contributed by atoms with van der Waals surface area (Å²) in [6, 6.07) is 0. The molecule has 0 unspecified atom stereocenters. The molecule has 0 radical (unpaired) electrons. The van der Waals surface area contributed by atoms with Crippen molar-refractivity contribution in [3.05, 3.63) is 23.9 Å². The third-order valence-corrected chi connectivity index (χ3v) is 3.00. The van der Waals surface area contributed by atoms with Gasteiger partial charge in [0, 0.05) is 12.2 Å². The Balaban J connectivity index is 2.19. The van der Waals surface area contributed by atoms with Gasteiger partial charge in [0.15, 0.2) is 6.73 Å². The van der Waals surface area contributed by atoms with Gasteiger partial charge in [0.1, 0.15) is 19.8 Å². The molecule has 2 heterocycles. The van der Waals surface area contributed by atoms with Crippen LogP contribution in [-0.4, -0.2) is 58.6 Å². The highest BCUT2D eigenvalue weighted by molar-refractivity contribution is 5.98. The lowest BCUT2D eigenvalue weighted by Crippen LogP contribution is -2.30. The molecule has 88 valence electrons. The maximum absolute atomic E-state index is 9.20. The van der Waals surface area contributed by atoms with Gasteiger partial charge in [-0.2, -0.15) is 0 Å². The maximum atomic E-state index is 9.20. The van der Waals surface area contributed by atoms with Crippen molar-refractivity contribution in [2.24, 2.45) is 0 Å². The van der Waals surface area contributed by atoms with Gasteiger partial charge in [0.2, 0.25) is 0 Å². The van der Waals surface area contributed by atoms with Crippen LogP contribution >= 0.6 is 0 Å². The van der Waals surface area contributed by atoms with E-state index in [4.69, 9.17) is 0 Å². The van der Waals surface area contributed by atoms with Gasteiger partial charge in [0.25, 0.3) is 5.84 Å². The highest BCUT2D eigenvalue weighted by atomic mass is 16.3. The van der Waals surface area contributed by atoms with Crippen LogP contribution in [0.1, 0.15) is 6.42 Å². The monoisotopic (exact) mass is 224 g/mol. The van der Waals surface area contributed by atoms with Gasteiger partial charge in [-0.05, 0) is 6.42 Å². The maximum Gasteiger partial charge on any atom is 0.280 e. The van der Waals surface area contributed by atoms with E-state index < -0.39 is 0 Å². The number of aliphatic hydroxyl groups is 2. The molecule has 0 spiro atoms. The summed E-state index contributed by atoms with van der Waals surface area (Å²) < 4.78 is 1.84. The Kier molecular flexibility index (Phi) is 3.26. The summed E-state index contributed by atoms with van der Waals surface area (Å²) in [5.41, 5.74) is 1.81. The van der Waals surface area contributed by atoms with Crippen molar-refractivity contribution in [2.75, 3.05) is 33.1 Å². The molecule has 0 saturated carbocycles. The lowest BCUT2D eigenvalue weighted by atomic mass is 10.2. The summed E-state index contributed by atoms with van der Waals surface area (Å²) in [4.78, 5) is 1.88. The predicted molar refractivity (Wildman–Crippen MR) is 60.9 cm³/mol. The Labute approximate surface area is 95.0 Å². The van der Waals surface area contributed by atoms with Gasteiger partial charge < -0.3 is 15.1 Å². The molecule has 0 fully saturated rings. The Morgan fingerprint density at radius 2 is 2.38 bits per heavy atom. The molecule has 0 amide bonds. The molecule has 2 aliphatic heterocycles. The van der Waals surface area contributed by atoms with Crippen LogP contribution in [0.25, 0.3) is 0 Å². The van der Waals surface area contributed by atoms with Gasteiger partial charge >= 0.3 is 0 Å². The van der Waals surface area contributed by atoms with Crippen molar-refractivity contribution in [2.45, 2.75) is 6.42 Å². The van der Waals surface area contributed by atoms with Crippen LogP contribution in [0.15, 0.2) is 23.9 Å². The molecule has 0 aromatic heterocycles. The molecule has 16 heavy (non-hydrogen) atoms. The average molecular weight is 224 g/mol. The molecule has 0 aromatic carbocycles. The first-order valence-electron chi connectivity index (χ1n) is 5.50. The number of nitrogens with zero attached hydrogens (tertiary/aromatic N) is 2. The van der Waals surface area contributed by atoms with Crippen molar-refractivity contribution in [1.82, 2.24) is 10.2 Å². The number of hydrogen-bond acceptors (Lipinski definition) is 4. The quantitative estimate of drug-likeness (QED) is 0.539. The fraction of sp³-hybridized carbons (Fsp3) is 0.545. The number of amidine groups is 1. The smallest absolute Gasteiger partial charge is 0.280 e. The van der Waals surface area contributed by atoms with Gasteiger partial charge in [-0.15, -0.1) is 0 Å². The van der Waals surface area contributed by atoms with E-state index >= 15 is 0 Å². The summed E-state index contributed by atoms with van der Waals surface area (Å²) in [5, 5.41) is 21.6. The van der Waals surface area contributed by atoms with Gasteiger partial charge in [-0.1, -0.05) is 12.7 Å². The Hall–Kier alpha value is -1.33. The largest absolute Gasteiger partial charge is 0.376 e. The fourth-order valence-electron chi connectivity index (χ4n) is 2.16. The average Bonchev–Trinajstić information content (AvgIpc) is 2.96. The second-order valence-corrected chi connectivity index (χ2v) is 3.94. The fourth-order valence-corrected chi connectivity index (χ4v) is 2.16. The molecular weight excluding hydrogens is 206 g/mol. The van der Waals surface area contributed by atoms with Crippen molar-refractivity contribution in [3.63, 3.8) is 0 Å². The van der Waals surface area contributed by atoms with Crippen LogP contribution in [0.3, 0.4) is 0 Å². The van der Waals surface area contributed by atoms with Crippen LogP contribution < -0.4 is 5.32 Å². The van der Waals surface area contributed by atoms with E-state index in [0.717, 1.165) is 43.2 Å². The van der Waals surface area contributed by atoms with Gasteiger partial charge in [-0.3, -0.25) is 5.32 Å². The van der Waals surface area contributed by atoms with E-state index in [-0.39, 0.29) is 13.5 Å². The summed E-state index contributed by atoms with van der Waals surface area (Å²) in [5.74, 6) is 0.870. The molecule has 0 aromatic rings. The third-order valence-electron chi connectivity index (χ3n) is 3.00. The minimum atomic E-state index is -0.00619. The molecule has 2 aliphatic rings. The number of rotatable bonds is 4. The number of aliphatic hydroxyl groups excluding tert-OH is 2. The Morgan fingerprint density at radius 1 is 1.56 bits per heavy atom. The van der Waals surface area contributed by atoms with Crippen LogP contribution in [0, 0.1) is 0 Å². The molecule has 3 N–H and O–H groups in total. The molecule has 0 bridgehead atoms. The first kappa shape index (κ1) is 11.2. The predicted octanol–water partition coefficient (Wildman–Crippen LogP) is -0.954. The van der Waals surface area contributed by atoms with E-state index in [1.54, 1.807) is 0 Å². The van der Waals surface area contributed by atoms with Gasteiger partial charge in [-0.25, -0.2) is 4.58 Å². The van der Waals surface area contributed by atoms with Crippen molar-refractivity contribution < 1.29 is 14.8 Å². The highest BCUT2D eigenvalue weighted by Gasteiger charge is 2.28. The third kappa shape index (κ3) is 1.83. The van der Waals surface area contributed by atoms with Crippen molar-refractivity contribution in [3.8, 4) is 0 Å². The molecule has 2 rings (SSSR count). The Morgan fingerprint density at radius 3 is 3.06 bits per heavy atom. The second kappa shape index (κ2) is 4.67. The molecule has 5 nitrogen and oxygen atoms in total. The molecular formula is C11H18N3O2+. The molecule has 0 atom stereocenters. The van der Waals surface area contributed by atoms with Crippen molar-refractivity contribution in [1.29, 1.82) is 0 Å². The first-order chi connectivity index (χ1) is 7.77. The lowest BCUT2D eigenvalue weighted by molar-refractivity contribution is -0.554. The minimum absolute atomic E-state index is 0.00619. The molecule has 0 saturated heterocycles. The van der Waals surface area contributed by atoms with E-state index in [0.29, 0.717) is 0 Å². The van der Waals surface area contributed by atoms with Crippen LogP contribution in [0.4, 0.5) is 0 Å². The Bertz CT molecular complexity index is 360. The van der Waals surface area contributed by atoms with E-state index in [1.165, 1.54) is 0 Å². The van der Waals surface area contributed by atoms with E-state index in [9.17, 15) is 10.2 Å². The second-order valence-electron chi connectivity index (χ2n) is 3.94. The van der Waals surface area contributed by atoms with Crippen LogP contribution in [0.5, 0.6) is 0 Å². The summed E-state index contributed by atoms with van der Waals surface area (Å²) in [6.07, 6.45) is 3.00. The number of hydrogen-bond donors (Lipinski definition) is 3. The standard InChI is InChI=1S/C11H17N3O2/c1-9(10-3-2-5-13(10)7-15)11-12-4-6-14(11)8-16/h3,15-16H,1-2,4-8H2/p+1. The zero-order chi connectivity index (χ0) is 11.5. The lowest BCUT2D eigenvalue weighted by Gasteiger charge is -2.19. The van der Waals surface area contributed by atoms with Crippen LogP contribution in [-0.2, 0) is 0 Å². The van der Waals surface area contributed by atoms with E-state index in [1.807, 2.05) is 9.48 Å². The highest BCUT2D eigenvalue weighted by Crippen LogP contribution is 2.21. The zero-order valence-electron chi connectivity index (χ0n) is 9.32. The van der Waals surface area contributed by atoms with Crippen LogP contribution in [0.2, 0.25) is 0 Å². The summed E-state index contributed by atoms with van der Waals surface area (Å²) in [6.45, 7) is 6.49. The summed E-state index contributed by atoms with van der Waals surface area (Å²) >= 11 is 0. The van der Waals surface area contributed by atoms with E-state index in [2.05, 4.69) is 18.0 Å². The number of nitrogens with one attached hydrogen (secondary N) is 1. The summed E-state index contributed by atoms with van der Waals surface area (Å²) in [7, 11) is 0. The van der Waals surface area contributed by atoms with Crippen molar-refractivity contribution >= 4 is 5.84 Å². The molecule has 5 heteroatoms. The van der Waals surface area contributed by atoms with Gasteiger partial charge in [0.05, 0.1) is 5.57 Å². The minimum Gasteiger partial charge on any atom is -0.376 e. The normalized spacial score (nSPS) is 20.1. The zero-order valence-corrected chi connectivity index (χ0v) is 9.32. The first-order valence-corrected chi connectivity index (χ1v) is 5.50.